The number of aryl methyl sites for hydroxylation is 2. The highest BCUT2D eigenvalue weighted by molar-refractivity contribution is 5.80. The highest BCUT2D eigenvalue weighted by Crippen LogP contribution is 2.21. The molecule has 1 saturated heterocycles. The smallest absolute Gasteiger partial charge is 0.193 e. The van der Waals surface area contributed by atoms with Gasteiger partial charge in [0.1, 0.15) is 6.10 Å². The van der Waals surface area contributed by atoms with E-state index in [0.717, 1.165) is 43.3 Å². The zero-order valence-electron chi connectivity index (χ0n) is 15.1. The van der Waals surface area contributed by atoms with Crippen molar-refractivity contribution in [3.8, 4) is 0 Å². The number of aliphatic imine (C=N–C) groups is 1. The van der Waals surface area contributed by atoms with Gasteiger partial charge in [-0.15, -0.1) is 0 Å². The van der Waals surface area contributed by atoms with Crippen LogP contribution in [0.3, 0.4) is 0 Å². The minimum absolute atomic E-state index is 0.0299. The van der Waals surface area contributed by atoms with Gasteiger partial charge in [0.2, 0.25) is 0 Å². The molecule has 1 fully saturated rings. The molecule has 3 heterocycles. The molecule has 1 aliphatic heterocycles. The van der Waals surface area contributed by atoms with Gasteiger partial charge in [0.25, 0.3) is 0 Å². The minimum Gasteiger partial charge on any atom is -0.370 e. The first-order valence-electron chi connectivity index (χ1n) is 8.63. The average Bonchev–Trinajstić information content (AvgIpc) is 3.07. The predicted octanol–water partition coefficient (Wildman–Crippen LogP) is 1.31. The van der Waals surface area contributed by atoms with E-state index in [-0.39, 0.29) is 6.10 Å². The fraction of sp³-hybridized carbons (Fsp3) is 0.500. The molecular formula is C18H26N6O. The molecule has 0 aromatic carbocycles. The molecule has 0 radical (unpaired) electrons. The summed E-state index contributed by atoms with van der Waals surface area (Å²) in [5.41, 5.74) is 3.37. The lowest BCUT2D eigenvalue weighted by Crippen LogP contribution is -2.48. The van der Waals surface area contributed by atoms with E-state index in [1.54, 1.807) is 4.68 Å². The predicted molar refractivity (Wildman–Crippen MR) is 97.5 cm³/mol. The van der Waals surface area contributed by atoms with Crippen molar-refractivity contribution in [2.45, 2.75) is 19.4 Å². The molecular weight excluding hydrogens is 316 g/mol. The van der Waals surface area contributed by atoms with Crippen molar-refractivity contribution in [1.29, 1.82) is 0 Å². The van der Waals surface area contributed by atoms with Gasteiger partial charge >= 0.3 is 0 Å². The van der Waals surface area contributed by atoms with Crippen LogP contribution in [0.4, 0.5) is 0 Å². The van der Waals surface area contributed by atoms with Gasteiger partial charge in [0.05, 0.1) is 19.3 Å². The highest BCUT2D eigenvalue weighted by Gasteiger charge is 2.24. The van der Waals surface area contributed by atoms with Crippen molar-refractivity contribution in [2.24, 2.45) is 12.0 Å². The maximum Gasteiger partial charge on any atom is 0.193 e. The zero-order valence-corrected chi connectivity index (χ0v) is 15.1. The SMILES string of the molecule is CN=C(NCCc1ccc(C)nc1)N1CCOC(c2cnn(C)c2)C1. The topological polar surface area (TPSA) is 67.6 Å². The van der Waals surface area contributed by atoms with Crippen molar-refractivity contribution in [1.82, 2.24) is 25.0 Å². The summed E-state index contributed by atoms with van der Waals surface area (Å²) in [7, 11) is 3.74. The lowest BCUT2D eigenvalue weighted by Gasteiger charge is -2.34. The van der Waals surface area contributed by atoms with Gasteiger partial charge in [-0.05, 0) is 25.0 Å². The van der Waals surface area contributed by atoms with E-state index in [1.807, 2.05) is 45.7 Å². The van der Waals surface area contributed by atoms with E-state index >= 15 is 0 Å². The molecule has 0 spiro atoms. The first kappa shape index (κ1) is 17.4. The Morgan fingerprint density at radius 3 is 2.96 bits per heavy atom. The Morgan fingerprint density at radius 2 is 2.28 bits per heavy atom. The highest BCUT2D eigenvalue weighted by atomic mass is 16.5. The van der Waals surface area contributed by atoms with Crippen LogP contribution in [0.1, 0.15) is 22.9 Å². The van der Waals surface area contributed by atoms with E-state index in [2.05, 4.69) is 31.4 Å². The Labute approximate surface area is 148 Å². The number of ether oxygens (including phenoxy) is 1. The number of pyridine rings is 1. The van der Waals surface area contributed by atoms with E-state index in [0.29, 0.717) is 6.61 Å². The molecule has 7 nitrogen and oxygen atoms in total. The molecule has 1 N–H and O–H groups in total. The van der Waals surface area contributed by atoms with Gasteiger partial charge in [-0.25, -0.2) is 0 Å². The third-order valence-electron chi connectivity index (χ3n) is 4.34. The summed E-state index contributed by atoms with van der Waals surface area (Å²) in [4.78, 5) is 11.0. The number of morpholine rings is 1. The van der Waals surface area contributed by atoms with Crippen LogP contribution in [-0.4, -0.2) is 58.9 Å². The van der Waals surface area contributed by atoms with Crippen LogP contribution in [0.25, 0.3) is 0 Å². The first-order chi connectivity index (χ1) is 12.2. The molecule has 25 heavy (non-hydrogen) atoms. The van der Waals surface area contributed by atoms with E-state index < -0.39 is 0 Å². The van der Waals surface area contributed by atoms with Crippen molar-refractivity contribution >= 4 is 5.96 Å². The van der Waals surface area contributed by atoms with Crippen LogP contribution in [0, 0.1) is 6.92 Å². The second kappa shape index (κ2) is 8.11. The van der Waals surface area contributed by atoms with Gasteiger partial charge in [-0.1, -0.05) is 6.07 Å². The van der Waals surface area contributed by atoms with Gasteiger partial charge in [-0.3, -0.25) is 14.7 Å². The van der Waals surface area contributed by atoms with E-state index in [9.17, 15) is 0 Å². The fourth-order valence-corrected chi connectivity index (χ4v) is 2.95. The van der Waals surface area contributed by atoms with Crippen LogP contribution >= 0.6 is 0 Å². The molecule has 3 rings (SSSR count). The average molecular weight is 342 g/mol. The fourth-order valence-electron chi connectivity index (χ4n) is 2.95. The second-order valence-electron chi connectivity index (χ2n) is 6.28. The molecule has 2 aromatic heterocycles. The second-order valence-corrected chi connectivity index (χ2v) is 6.28. The summed E-state index contributed by atoms with van der Waals surface area (Å²) >= 11 is 0. The molecule has 0 saturated carbocycles. The monoisotopic (exact) mass is 342 g/mol. The molecule has 1 atom stereocenters. The number of hydrogen-bond donors (Lipinski definition) is 1. The summed E-state index contributed by atoms with van der Waals surface area (Å²) < 4.78 is 7.71. The Balaban J connectivity index is 1.54. The van der Waals surface area contributed by atoms with Crippen LogP contribution < -0.4 is 5.32 Å². The minimum atomic E-state index is 0.0299. The largest absolute Gasteiger partial charge is 0.370 e. The standard InChI is InChI=1S/C18H26N6O/c1-14-4-5-15(10-21-14)6-7-20-18(19-2)24-8-9-25-17(13-24)16-11-22-23(3)12-16/h4-5,10-12,17H,6-9,13H2,1-3H3,(H,19,20). The third-order valence-corrected chi connectivity index (χ3v) is 4.34. The maximum absolute atomic E-state index is 5.90. The lowest BCUT2D eigenvalue weighted by molar-refractivity contribution is -0.00800. The third kappa shape index (κ3) is 4.57. The Hall–Kier alpha value is -2.41. The normalized spacial score (nSPS) is 18.4. The van der Waals surface area contributed by atoms with Gasteiger partial charge in [-0.2, -0.15) is 5.10 Å². The molecule has 2 aromatic rings. The zero-order chi connectivity index (χ0) is 17.6. The summed E-state index contributed by atoms with van der Waals surface area (Å²) in [6.07, 6.45) is 6.77. The molecule has 0 aliphatic carbocycles. The molecule has 0 bridgehead atoms. The van der Waals surface area contributed by atoms with Crippen molar-refractivity contribution in [3.05, 3.63) is 47.5 Å². The van der Waals surface area contributed by atoms with Gasteiger partial charge < -0.3 is 15.0 Å². The number of hydrogen-bond acceptors (Lipinski definition) is 4. The number of nitrogens with zero attached hydrogens (tertiary/aromatic N) is 5. The molecule has 0 amide bonds. The number of guanidine groups is 1. The van der Waals surface area contributed by atoms with E-state index in [4.69, 9.17) is 4.74 Å². The van der Waals surface area contributed by atoms with Gasteiger partial charge in [0, 0.05) is 50.8 Å². The Morgan fingerprint density at radius 1 is 1.40 bits per heavy atom. The molecule has 134 valence electrons. The molecule has 1 unspecified atom stereocenters. The maximum atomic E-state index is 5.90. The summed E-state index contributed by atoms with van der Waals surface area (Å²) in [6, 6.07) is 4.17. The summed E-state index contributed by atoms with van der Waals surface area (Å²) in [6.45, 7) is 5.12. The number of rotatable bonds is 4. The van der Waals surface area contributed by atoms with Crippen LogP contribution in [0.15, 0.2) is 35.7 Å². The number of nitrogens with one attached hydrogen (secondary N) is 1. The molecule has 1 aliphatic rings. The first-order valence-corrected chi connectivity index (χ1v) is 8.63. The van der Waals surface area contributed by atoms with Crippen molar-refractivity contribution in [3.63, 3.8) is 0 Å². The lowest BCUT2D eigenvalue weighted by atomic mass is 10.1. The molecule has 7 heteroatoms. The van der Waals surface area contributed by atoms with Crippen LogP contribution in [0.2, 0.25) is 0 Å². The summed E-state index contributed by atoms with van der Waals surface area (Å²) in [5, 5.41) is 7.69. The Kier molecular flexibility index (Phi) is 5.65. The quantitative estimate of drug-likeness (QED) is 0.670. The van der Waals surface area contributed by atoms with Gasteiger partial charge in [0.15, 0.2) is 5.96 Å². The summed E-state index contributed by atoms with van der Waals surface area (Å²) in [5.74, 6) is 0.914. The van der Waals surface area contributed by atoms with Crippen LogP contribution in [0.5, 0.6) is 0 Å². The van der Waals surface area contributed by atoms with Crippen molar-refractivity contribution < 1.29 is 4.74 Å². The van der Waals surface area contributed by atoms with Crippen LogP contribution in [-0.2, 0) is 18.2 Å². The number of aromatic nitrogens is 3. The van der Waals surface area contributed by atoms with E-state index in [1.165, 1.54) is 5.56 Å². The van der Waals surface area contributed by atoms with Crippen molar-refractivity contribution in [2.75, 3.05) is 33.3 Å². The Bertz CT molecular complexity index is 709.